The van der Waals surface area contributed by atoms with Crippen LogP contribution in [-0.4, -0.2) is 79.1 Å². The highest BCUT2D eigenvalue weighted by Gasteiger charge is 2.30. The van der Waals surface area contributed by atoms with Gasteiger partial charge in [0.2, 0.25) is 11.8 Å². The van der Waals surface area contributed by atoms with Gasteiger partial charge in [0.25, 0.3) is 0 Å². The molecule has 0 spiro atoms. The second-order valence-electron chi connectivity index (χ2n) is 11.0. The van der Waals surface area contributed by atoms with Gasteiger partial charge in [0.15, 0.2) is 0 Å². The number of carbonyl (C=O) groups excluding carboxylic acids is 4. The zero-order valence-corrected chi connectivity index (χ0v) is 23.0. The van der Waals surface area contributed by atoms with Crippen LogP contribution in [0.3, 0.4) is 0 Å². The lowest BCUT2D eigenvalue weighted by Gasteiger charge is -2.33. The number of hydrogen-bond acceptors (Lipinski definition) is 6. The van der Waals surface area contributed by atoms with E-state index in [2.05, 4.69) is 5.32 Å². The van der Waals surface area contributed by atoms with Crippen molar-refractivity contribution in [3.8, 4) is 0 Å². The van der Waals surface area contributed by atoms with Gasteiger partial charge in [-0.2, -0.15) is 0 Å². The average molecular weight is 528 g/mol. The lowest BCUT2D eigenvalue weighted by molar-refractivity contribution is -0.142. The van der Waals surface area contributed by atoms with Crippen LogP contribution >= 0.6 is 0 Å². The number of piperidine rings is 2. The van der Waals surface area contributed by atoms with Gasteiger partial charge in [-0.15, -0.1) is 0 Å². The number of methoxy groups -OCH3 is 1. The van der Waals surface area contributed by atoms with Crippen molar-refractivity contribution in [1.82, 2.24) is 15.1 Å². The van der Waals surface area contributed by atoms with E-state index in [0.717, 1.165) is 24.8 Å². The number of benzene rings is 1. The highest BCUT2D eigenvalue weighted by atomic mass is 16.6. The van der Waals surface area contributed by atoms with Gasteiger partial charge in [-0.1, -0.05) is 36.4 Å². The van der Waals surface area contributed by atoms with Crippen molar-refractivity contribution in [3.63, 3.8) is 0 Å². The summed E-state index contributed by atoms with van der Waals surface area (Å²) < 4.78 is 10.4. The van der Waals surface area contributed by atoms with Gasteiger partial charge < -0.3 is 24.6 Å². The Labute approximate surface area is 225 Å². The number of nitrogens with one attached hydrogen (secondary N) is 1. The first-order chi connectivity index (χ1) is 18.1. The molecule has 2 heterocycles. The van der Waals surface area contributed by atoms with E-state index in [1.807, 2.05) is 57.2 Å². The monoisotopic (exact) mass is 527 g/mol. The first kappa shape index (κ1) is 29.2. The summed E-state index contributed by atoms with van der Waals surface area (Å²) in [7, 11) is 1.34. The van der Waals surface area contributed by atoms with Crippen molar-refractivity contribution < 1.29 is 28.7 Å². The third-order valence-electron chi connectivity index (χ3n) is 6.97. The van der Waals surface area contributed by atoms with Crippen molar-refractivity contribution in [1.29, 1.82) is 0 Å². The molecule has 0 aromatic heterocycles. The number of ether oxygens (including phenoxy) is 2. The fourth-order valence-corrected chi connectivity index (χ4v) is 4.83. The van der Waals surface area contributed by atoms with Crippen LogP contribution in [0.15, 0.2) is 42.5 Å². The number of hydrogen-bond donors (Lipinski definition) is 1. The van der Waals surface area contributed by atoms with E-state index in [1.165, 1.54) is 7.11 Å². The molecule has 0 radical (unpaired) electrons. The lowest BCUT2D eigenvalue weighted by Crippen LogP contribution is -2.46. The Balaban J connectivity index is 1.47. The molecule has 3 amide bonds. The maximum Gasteiger partial charge on any atom is 0.410 e. The molecule has 1 unspecified atom stereocenters. The van der Waals surface area contributed by atoms with Crippen molar-refractivity contribution in [3.05, 3.63) is 48.0 Å². The summed E-state index contributed by atoms with van der Waals surface area (Å²) in [6.45, 7) is 7.85. The van der Waals surface area contributed by atoms with Gasteiger partial charge in [0.1, 0.15) is 5.60 Å². The SMILES string of the molecule is COC(=O)C(CNC(=O)[C@@H]1CCCN(C(=O)/C=C/C2CCN(C(=O)OC(C)(C)C)CC2)C1)c1ccccc1. The van der Waals surface area contributed by atoms with E-state index in [1.54, 1.807) is 15.9 Å². The molecule has 1 aromatic carbocycles. The fraction of sp³-hybridized carbons (Fsp3) is 0.586. The summed E-state index contributed by atoms with van der Waals surface area (Å²) in [5, 5.41) is 2.90. The zero-order valence-electron chi connectivity index (χ0n) is 23.0. The topological polar surface area (TPSA) is 105 Å². The molecular weight excluding hydrogens is 486 g/mol. The maximum atomic E-state index is 12.9. The second kappa shape index (κ2) is 13.4. The van der Waals surface area contributed by atoms with Gasteiger partial charge in [0.05, 0.1) is 18.9 Å². The van der Waals surface area contributed by atoms with Crippen LogP contribution in [0.5, 0.6) is 0 Å². The molecule has 1 N–H and O–H groups in total. The molecule has 2 atom stereocenters. The van der Waals surface area contributed by atoms with Crippen LogP contribution in [0.4, 0.5) is 4.79 Å². The molecule has 0 aliphatic carbocycles. The Bertz CT molecular complexity index is 995. The minimum atomic E-state index is -0.587. The Morgan fingerprint density at radius 2 is 1.71 bits per heavy atom. The molecule has 9 heteroatoms. The predicted octanol–water partition coefficient (Wildman–Crippen LogP) is 3.50. The molecule has 38 heavy (non-hydrogen) atoms. The van der Waals surface area contributed by atoms with Crippen LogP contribution in [0.25, 0.3) is 0 Å². The predicted molar refractivity (Wildman–Crippen MR) is 143 cm³/mol. The maximum absolute atomic E-state index is 12.9. The quantitative estimate of drug-likeness (QED) is 0.430. The molecule has 9 nitrogen and oxygen atoms in total. The first-order valence-electron chi connectivity index (χ1n) is 13.4. The van der Waals surface area contributed by atoms with E-state index in [0.29, 0.717) is 32.6 Å². The number of likely N-dealkylation sites (tertiary alicyclic amines) is 2. The van der Waals surface area contributed by atoms with E-state index >= 15 is 0 Å². The van der Waals surface area contributed by atoms with Gasteiger partial charge in [0, 0.05) is 32.7 Å². The minimum absolute atomic E-state index is 0.103. The van der Waals surface area contributed by atoms with Crippen LogP contribution in [0.2, 0.25) is 0 Å². The first-order valence-corrected chi connectivity index (χ1v) is 13.4. The molecule has 0 bridgehead atoms. The Morgan fingerprint density at radius 1 is 1.03 bits per heavy atom. The highest BCUT2D eigenvalue weighted by Crippen LogP contribution is 2.22. The summed E-state index contributed by atoms with van der Waals surface area (Å²) in [5.74, 6) is -1.36. The van der Waals surface area contributed by atoms with Crippen molar-refractivity contribution in [2.45, 2.75) is 58.0 Å². The molecule has 2 saturated heterocycles. The number of carbonyl (C=O) groups is 4. The van der Waals surface area contributed by atoms with Crippen molar-refractivity contribution in [2.24, 2.45) is 11.8 Å². The number of allylic oxidation sites excluding steroid dienone is 1. The van der Waals surface area contributed by atoms with Crippen LogP contribution < -0.4 is 5.32 Å². The van der Waals surface area contributed by atoms with E-state index in [-0.39, 0.29) is 36.3 Å². The Morgan fingerprint density at radius 3 is 2.34 bits per heavy atom. The standard InChI is InChI=1S/C29H41N3O6/c1-29(2,3)38-28(36)31-17-14-21(15-18-31)12-13-25(33)32-16-8-11-23(20-32)26(34)30-19-24(27(35)37-4)22-9-6-5-7-10-22/h5-7,9-10,12-13,21,23-24H,8,11,14-20H2,1-4H3,(H,30,34)/b13-12+/t23-,24?/m1/s1. The highest BCUT2D eigenvalue weighted by molar-refractivity contribution is 5.88. The Hall–Kier alpha value is -3.36. The Kier molecular flexibility index (Phi) is 10.3. The summed E-state index contributed by atoms with van der Waals surface area (Å²) in [4.78, 5) is 53.8. The molecule has 3 rings (SSSR count). The number of esters is 1. The molecule has 2 aliphatic heterocycles. The van der Waals surface area contributed by atoms with E-state index in [9.17, 15) is 19.2 Å². The van der Waals surface area contributed by atoms with E-state index < -0.39 is 17.5 Å². The second-order valence-corrected chi connectivity index (χ2v) is 11.0. The summed E-state index contributed by atoms with van der Waals surface area (Å²) in [6, 6.07) is 9.22. The third-order valence-corrected chi connectivity index (χ3v) is 6.97. The average Bonchev–Trinajstić information content (AvgIpc) is 2.91. The molecule has 0 saturated carbocycles. The molecule has 1 aromatic rings. The molecule has 2 fully saturated rings. The molecular formula is C29H41N3O6. The van der Waals surface area contributed by atoms with Crippen molar-refractivity contribution >= 4 is 23.9 Å². The van der Waals surface area contributed by atoms with Crippen LogP contribution in [0, 0.1) is 11.8 Å². The normalized spacial score (nSPS) is 19.6. The largest absolute Gasteiger partial charge is 0.468 e. The summed E-state index contributed by atoms with van der Waals surface area (Å²) >= 11 is 0. The van der Waals surface area contributed by atoms with Crippen LogP contribution in [-0.2, 0) is 23.9 Å². The van der Waals surface area contributed by atoms with Gasteiger partial charge >= 0.3 is 12.1 Å². The summed E-state index contributed by atoms with van der Waals surface area (Å²) in [6.07, 6.45) is 6.22. The van der Waals surface area contributed by atoms with E-state index in [4.69, 9.17) is 9.47 Å². The molecule has 208 valence electrons. The zero-order chi connectivity index (χ0) is 27.7. The number of nitrogens with zero attached hydrogens (tertiary/aromatic N) is 2. The number of amides is 3. The summed E-state index contributed by atoms with van der Waals surface area (Å²) in [5.41, 5.74) is 0.260. The minimum Gasteiger partial charge on any atom is -0.468 e. The lowest BCUT2D eigenvalue weighted by atomic mass is 9.95. The van der Waals surface area contributed by atoms with Gasteiger partial charge in [-0.25, -0.2) is 4.79 Å². The fourth-order valence-electron chi connectivity index (χ4n) is 4.83. The molecule has 2 aliphatic rings. The van der Waals surface area contributed by atoms with Crippen LogP contribution in [0.1, 0.15) is 57.9 Å². The third kappa shape index (κ3) is 8.60. The van der Waals surface area contributed by atoms with Crippen molar-refractivity contribution in [2.75, 3.05) is 39.8 Å². The smallest absolute Gasteiger partial charge is 0.410 e. The van der Waals surface area contributed by atoms with Gasteiger partial charge in [-0.05, 0) is 64.0 Å². The van der Waals surface area contributed by atoms with Gasteiger partial charge in [-0.3, -0.25) is 14.4 Å². The number of rotatable bonds is 7.